The maximum absolute atomic E-state index is 6.23. The first-order chi connectivity index (χ1) is 9.84. The lowest BCUT2D eigenvalue weighted by Crippen LogP contribution is -2.74. The molecule has 0 spiro atoms. The van der Waals surface area contributed by atoms with Gasteiger partial charge in [-0.15, -0.1) is 0 Å². The summed E-state index contributed by atoms with van der Waals surface area (Å²) in [6.45, 7) is 28.6. The second kappa shape index (κ2) is 8.22. The molecule has 0 saturated heterocycles. The average Bonchev–Trinajstić information content (AvgIpc) is 2.37. The average molecular weight is 381 g/mol. The lowest BCUT2D eigenvalue weighted by atomic mass is 10.9. The second-order valence-corrected chi connectivity index (χ2v) is 41.2. The van der Waals surface area contributed by atoms with Crippen LogP contribution in [0.5, 0.6) is 0 Å². The molecule has 0 radical (unpaired) electrons. The Bertz CT molecular complexity index is 321. The van der Waals surface area contributed by atoms with Gasteiger partial charge in [0.15, 0.2) is 0 Å². The molecule has 0 aromatic rings. The van der Waals surface area contributed by atoms with E-state index in [4.69, 9.17) is 13.3 Å². The van der Waals surface area contributed by atoms with E-state index in [2.05, 4.69) is 73.5 Å². The van der Waals surface area contributed by atoms with Gasteiger partial charge in [-0.1, -0.05) is 52.8 Å². The van der Waals surface area contributed by atoms with Crippen LogP contribution in [0, 0.1) is 0 Å². The van der Waals surface area contributed by atoms with Crippen molar-refractivity contribution in [1.82, 2.24) is 0 Å². The van der Waals surface area contributed by atoms with Crippen molar-refractivity contribution in [2.24, 2.45) is 0 Å². The normalized spacial score (nSPS) is 16.0. The quantitative estimate of drug-likeness (QED) is 0.506. The molecular formula is C15H40O3Si4. The van der Waals surface area contributed by atoms with Gasteiger partial charge in [0, 0.05) is 47.3 Å². The van der Waals surface area contributed by atoms with E-state index in [1.54, 1.807) is 0 Å². The van der Waals surface area contributed by atoms with Crippen molar-refractivity contribution in [3.63, 3.8) is 0 Å². The Kier molecular flexibility index (Phi) is 8.50. The van der Waals surface area contributed by atoms with Gasteiger partial charge < -0.3 is 13.3 Å². The third kappa shape index (κ3) is 4.43. The molecule has 22 heavy (non-hydrogen) atoms. The summed E-state index contributed by atoms with van der Waals surface area (Å²) in [5, 5.41) is 0.452. The van der Waals surface area contributed by atoms with Crippen LogP contribution in [0.1, 0.15) is 27.7 Å². The third-order valence-corrected chi connectivity index (χ3v) is 57.3. The molecule has 0 bridgehead atoms. The van der Waals surface area contributed by atoms with Gasteiger partial charge in [-0.05, 0) is 20.8 Å². The highest BCUT2D eigenvalue weighted by Crippen LogP contribution is 2.42. The van der Waals surface area contributed by atoms with Crippen molar-refractivity contribution in [3.05, 3.63) is 0 Å². The molecule has 0 rings (SSSR count). The second-order valence-electron chi connectivity index (χ2n) is 8.22. The Hall–Kier alpha value is 0.748. The number of rotatable bonds is 10. The zero-order valence-electron chi connectivity index (χ0n) is 16.9. The lowest BCUT2D eigenvalue weighted by molar-refractivity contribution is 0.0687. The molecule has 0 saturated carbocycles. The molecule has 0 heterocycles. The molecule has 0 aromatic heterocycles. The summed E-state index contributed by atoms with van der Waals surface area (Å²) in [4.78, 5) is 0. The van der Waals surface area contributed by atoms with Crippen molar-refractivity contribution in [2.45, 2.75) is 78.7 Å². The fourth-order valence-corrected chi connectivity index (χ4v) is 47.1. The van der Waals surface area contributed by atoms with E-state index in [9.17, 15) is 0 Å². The molecule has 134 valence electrons. The van der Waals surface area contributed by atoms with Crippen molar-refractivity contribution in [2.75, 3.05) is 19.8 Å². The first kappa shape index (κ1) is 22.7. The van der Waals surface area contributed by atoms with E-state index in [1.807, 2.05) is 0 Å². The van der Waals surface area contributed by atoms with Crippen LogP contribution in [0.4, 0.5) is 0 Å². The van der Waals surface area contributed by atoms with Crippen molar-refractivity contribution < 1.29 is 13.3 Å². The van der Waals surface area contributed by atoms with Crippen molar-refractivity contribution in [3.8, 4) is 0 Å². The highest BCUT2D eigenvalue weighted by molar-refractivity contribution is 7.69. The van der Waals surface area contributed by atoms with Crippen LogP contribution in [-0.4, -0.2) is 50.9 Å². The Morgan fingerprint density at radius 1 is 0.682 bits per heavy atom. The molecule has 0 amide bonds. The van der Waals surface area contributed by atoms with E-state index < -0.39 is 31.1 Å². The van der Waals surface area contributed by atoms with E-state index in [0.717, 1.165) is 0 Å². The minimum absolute atomic E-state index is 0.452. The van der Waals surface area contributed by atoms with E-state index in [1.165, 1.54) is 0 Å². The topological polar surface area (TPSA) is 27.7 Å². The summed E-state index contributed by atoms with van der Waals surface area (Å²) in [5.41, 5.74) is 0. The zero-order chi connectivity index (χ0) is 17.8. The lowest BCUT2D eigenvalue weighted by Gasteiger charge is -2.52. The maximum atomic E-state index is 6.23. The van der Waals surface area contributed by atoms with Gasteiger partial charge in [0.2, 0.25) is 0 Å². The minimum Gasteiger partial charge on any atom is -0.374 e. The van der Waals surface area contributed by atoms with Gasteiger partial charge in [-0.3, -0.25) is 0 Å². The van der Waals surface area contributed by atoms with Crippen LogP contribution < -0.4 is 0 Å². The van der Waals surface area contributed by atoms with Crippen LogP contribution in [-0.2, 0) is 13.3 Å². The van der Waals surface area contributed by atoms with Gasteiger partial charge in [0.05, 0.1) is 0 Å². The molecule has 7 heteroatoms. The summed E-state index contributed by atoms with van der Waals surface area (Å²) < 4.78 is 18.7. The van der Waals surface area contributed by atoms with E-state index in [-0.39, 0.29) is 0 Å². The summed E-state index contributed by atoms with van der Waals surface area (Å²) in [5.74, 6) is 0. The van der Waals surface area contributed by atoms with Crippen molar-refractivity contribution >= 4 is 31.1 Å². The minimum atomic E-state index is -2.60. The summed E-state index contributed by atoms with van der Waals surface area (Å²) in [6, 6.07) is 0. The largest absolute Gasteiger partial charge is 0.500 e. The Labute approximate surface area is 143 Å². The zero-order valence-corrected chi connectivity index (χ0v) is 20.9. The Morgan fingerprint density at radius 3 is 1.23 bits per heavy atom. The first-order valence-corrected chi connectivity index (χ1v) is 22.1. The smallest absolute Gasteiger partial charge is 0.374 e. The van der Waals surface area contributed by atoms with Crippen LogP contribution in [0.3, 0.4) is 0 Å². The first-order valence-electron chi connectivity index (χ1n) is 8.75. The fourth-order valence-electron chi connectivity index (χ4n) is 3.05. The summed E-state index contributed by atoms with van der Waals surface area (Å²) in [6.07, 6.45) is 0. The van der Waals surface area contributed by atoms with Gasteiger partial charge in [0.25, 0.3) is 0 Å². The van der Waals surface area contributed by atoms with Crippen LogP contribution in [0.2, 0.25) is 51.0 Å². The fraction of sp³-hybridized carbons (Fsp3) is 1.00. The third-order valence-electron chi connectivity index (χ3n) is 6.14. The molecule has 1 unspecified atom stereocenters. The predicted molar refractivity (Wildman–Crippen MR) is 108 cm³/mol. The maximum Gasteiger partial charge on any atom is 0.500 e. The molecule has 0 aromatic carbocycles. The monoisotopic (exact) mass is 380 g/mol. The number of hydrogen-bond acceptors (Lipinski definition) is 3. The highest BCUT2D eigenvalue weighted by atomic mass is 29.6. The van der Waals surface area contributed by atoms with Gasteiger partial charge in [0.1, 0.15) is 0 Å². The molecule has 0 aliphatic rings. The Balaban J connectivity index is 5.84. The van der Waals surface area contributed by atoms with E-state index >= 15 is 0 Å². The summed E-state index contributed by atoms with van der Waals surface area (Å²) >= 11 is 0. The SMILES string of the molecule is CCO[Si](OCC)(OCC)C(C)[Si](C)(C)[Si](C)(C)[Si](C)(C)C. The number of hydrogen-bond donors (Lipinski definition) is 0. The highest BCUT2D eigenvalue weighted by Gasteiger charge is 2.61. The van der Waals surface area contributed by atoms with Gasteiger partial charge >= 0.3 is 8.80 Å². The van der Waals surface area contributed by atoms with Crippen LogP contribution in [0.15, 0.2) is 0 Å². The van der Waals surface area contributed by atoms with Crippen molar-refractivity contribution in [1.29, 1.82) is 0 Å². The van der Waals surface area contributed by atoms with E-state index in [0.29, 0.717) is 25.0 Å². The molecule has 3 nitrogen and oxygen atoms in total. The molecule has 0 aliphatic carbocycles. The standard InChI is InChI=1S/C15H40O3Si4/c1-12-16-22(17-13-2,18-14-3)15(4)20(8,9)21(10,11)19(5,6)7/h15H,12-14H2,1-11H3. The molecule has 1 atom stereocenters. The van der Waals surface area contributed by atoms with Crippen LogP contribution >= 0.6 is 0 Å². The molecule has 0 aliphatic heterocycles. The molecular weight excluding hydrogens is 341 g/mol. The summed E-state index contributed by atoms with van der Waals surface area (Å²) in [7, 11) is -6.63. The predicted octanol–water partition coefficient (Wildman–Crippen LogP) is 4.88. The molecule has 0 N–H and O–H groups in total. The Morgan fingerprint density at radius 2 is 1.00 bits per heavy atom. The van der Waals surface area contributed by atoms with Gasteiger partial charge in [-0.25, -0.2) is 0 Å². The van der Waals surface area contributed by atoms with Gasteiger partial charge in [-0.2, -0.15) is 0 Å². The molecule has 0 fully saturated rings. The van der Waals surface area contributed by atoms with Crippen LogP contribution in [0.25, 0.3) is 0 Å².